The van der Waals surface area contributed by atoms with E-state index in [0.717, 1.165) is 18.2 Å². The van der Waals surface area contributed by atoms with Crippen LogP contribution in [0.5, 0.6) is 5.75 Å². The standard InChI is InChI=1S/C17H14ClF4NO2/c1-2-15(25-12-6-4-11(19)5-7-12)16(24)23-14-9-10(17(20,21)22)3-8-13(14)18/h3-9,15H,2H2,1H3,(H,23,24)/t15-/m1/s1. The Morgan fingerprint density at radius 1 is 1.20 bits per heavy atom. The van der Waals surface area contributed by atoms with Crippen LogP contribution in [-0.4, -0.2) is 12.0 Å². The summed E-state index contributed by atoms with van der Waals surface area (Å²) in [5.74, 6) is -0.854. The van der Waals surface area contributed by atoms with E-state index in [-0.39, 0.29) is 22.9 Å². The van der Waals surface area contributed by atoms with Crippen molar-refractivity contribution < 1.29 is 27.1 Å². The van der Waals surface area contributed by atoms with E-state index in [0.29, 0.717) is 0 Å². The first-order valence-electron chi connectivity index (χ1n) is 7.30. The van der Waals surface area contributed by atoms with Gasteiger partial charge in [0.2, 0.25) is 0 Å². The molecular formula is C17H14ClF4NO2. The summed E-state index contributed by atoms with van der Waals surface area (Å²) >= 11 is 5.85. The van der Waals surface area contributed by atoms with E-state index < -0.39 is 29.6 Å². The summed E-state index contributed by atoms with van der Waals surface area (Å²) in [5.41, 5.74) is -1.10. The highest BCUT2D eigenvalue weighted by molar-refractivity contribution is 6.33. The quantitative estimate of drug-likeness (QED) is 0.721. The molecule has 0 fully saturated rings. The van der Waals surface area contributed by atoms with Gasteiger partial charge in [0, 0.05) is 0 Å². The van der Waals surface area contributed by atoms with Gasteiger partial charge in [0.1, 0.15) is 11.6 Å². The highest BCUT2D eigenvalue weighted by Gasteiger charge is 2.31. The first-order valence-corrected chi connectivity index (χ1v) is 7.68. The summed E-state index contributed by atoms with van der Waals surface area (Å²) in [4.78, 5) is 12.3. The summed E-state index contributed by atoms with van der Waals surface area (Å²) < 4.78 is 56.6. The normalized spacial score (nSPS) is 12.6. The van der Waals surface area contributed by atoms with Crippen LogP contribution in [0.3, 0.4) is 0 Å². The maximum atomic E-state index is 12.9. The second kappa shape index (κ2) is 7.74. The minimum absolute atomic E-state index is 0.0296. The van der Waals surface area contributed by atoms with Crippen molar-refractivity contribution in [1.82, 2.24) is 0 Å². The van der Waals surface area contributed by atoms with Crippen LogP contribution >= 0.6 is 11.6 Å². The number of rotatable bonds is 5. The van der Waals surface area contributed by atoms with Crippen molar-refractivity contribution >= 4 is 23.2 Å². The van der Waals surface area contributed by atoms with E-state index in [4.69, 9.17) is 16.3 Å². The number of carbonyl (C=O) groups excluding carboxylic acids is 1. The van der Waals surface area contributed by atoms with Gasteiger partial charge >= 0.3 is 6.18 Å². The Kier molecular flexibility index (Phi) is 5.89. The summed E-state index contributed by atoms with van der Waals surface area (Å²) in [6.07, 6.45) is -5.28. The van der Waals surface area contributed by atoms with E-state index in [2.05, 4.69) is 5.32 Å². The third kappa shape index (κ3) is 5.09. The molecule has 0 aliphatic rings. The zero-order valence-electron chi connectivity index (χ0n) is 13.0. The van der Waals surface area contributed by atoms with Gasteiger partial charge in [-0.2, -0.15) is 13.2 Å². The minimum Gasteiger partial charge on any atom is -0.481 e. The van der Waals surface area contributed by atoms with E-state index in [1.165, 1.54) is 24.3 Å². The lowest BCUT2D eigenvalue weighted by Gasteiger charge is -2.18. The Hall–Kier alpha value is -2.28. The summed E-state index contributed by atoms with van der Waals surface area (Å²) in [6, 6.07) is 7.68. The topological polar surface area (TPSA) is 38.3 Å². The van der Waals surface area contributed by atoms with Gasteiger partial charge in [-0.1, -0.05) is 18.5 Å². The van der Waals surface area contributed by atoms with Crippen LogP contribution in [0.25, 0.3) is 0 Å². The van der Waals surface area contributed by atoms with Crippen LogP contribution in [0.2, 0.25) is 5.02 Å². The molecule has 25 heavy (non-hydrogen) atoms. The smallest absolute Gasteiger partial charge is 0.416 e. The summed E-state index contributed by atoms with van der Waals surface area (Å²) in [7, 11) is 0. The number of benzene rings is 2. The lowest BCUT2D eigenvalue weighted by atomic mass is 10.1. The maximum absolute atomic E-state index is 12.9. The predicted molar refractivity (Wildman–Crippen MR) is 86.2 cm³/mol. The molecule has 0 saturated heterocycles. The fourth-order valence-corrected chi connectivity index (χ4v) is 2.18. The minimum atomic E-state index is -4.56. The van der Waals surface area contributed by atoms with Gasteiger partial charge in [-0.05, 0) is 48.9 Å². The summed E-state index contributed by atoms with van der Waals surface area (Å²) in [6.45, 7) is 1.67. The highest BCUT2D eigenvalue weighted by atomic mass is 35.5. The van der Waals surface area contributed by atoms with Gasteiger partial charge in [-0.15, -0.1) is 0 Å². The van der Waals surface area contributed by atoms with Crippen LogP contribution in [-0.2, 0) is 11.0 Å². The molecule has 0 unspecified atom stereocenters. The van der Waals surface area contributed by atoms with Crippen molar-refractivity contribution in [2.45, 2.75) is 25.6 Å². The number of anilines is 1. The molecule has 0 aliphatic carbocycles. The first kappa shape index (κ1) is 19.1. The van der Waals surface area contributed by atoms with Crippen molar-refractivity contribution in [3.8, 4) is 5.75 Å². The Morgan fingerprint density at radius 2 is 1.84 bits per heavy atom. The van der Waals surface area contributed by atoms with Crippen molar-refractivity contribution in [2.24, 2.45) is 0 Å². The molecule has 8 heteroatoms. The summed E-state index contributed by atoms with van der Waals surface area (Å²) in [5, 5.41) is 2.31. The van der Waals surface area contributed by atoms with Gasteiger partial charge in [0.15, 0.2) is 6.10 Å². The van der Waals surface area contributed by atoms with Crippen LogP contribution in [0.15, 0.2) is 42.5 Å². The molecule has 1 N–H and O–H groups in total. The molecule has 2 rings (SSSR count). The molecule has 2 aromatic carbocycles. The highest BCUT2D eigenvalue weighted by Crippen LogP contribution is 2.34. The Balaban J connectivity index is 2.15. The maximum Gasteiger partial charge on any atom is 0.416 e. The molecule has 0 aromatic heterocycles. The number of hydrogen-bond acceptors (Lipinski definition) is 2. The van der Waals surface area contributed by atoms with Crippen LogP contribution in [0.4, 0.5) is 23.2 Å². The van der Waals surface area contributed by atoms with E-state index in [9.17, 15) is 22.4 Å². The van der Waals surface area contributed by atoms with E-state index in [1.807, 2.05) is 0 Å². The van der Waals surface area contributed by atoms with Gasteiger partial charge < -0.3 is 10.1 Å². The monoisotopic (exact) mass is 375 g/mol. The lowest BCUT2D eigenvalue weighted by Crippen LogP contribution is -2.32. The average Bonchev–Trinajstić information content (AvgIpc) is 2.55. The number of halogens is 5. The van der Waals surface area contributed by atoms with Gasteiger partial charge in [0.05, 0.1) is 16.3 Å². The van der Waals surface area contributed by atoms with E-state index in [1.54, 1.807) is 6.92 Å². The van der Waals surface area contributed by atoms with Crippen LogP contribution in [0, 0.1) is 5.82 Å². The largest absolute Gasteiger partial charge is 0.481 e. The average molecular weight is 376 g/mol. The van der Waals surface area contributed by atoms with Crippen molar-refractivity contribution in [3.63, 3.8) is 0 Å². The second-order valence-electron chi connectivity index (χ2n) is 5.15. The molecule has 0 saturated carbocycles. The molecule has 0 bridgehead atoms. The number of amides is 1. The Labute approximate surface area is 146 Å². The number of nitrogens with one attached hydrogen (secondary N) is 1. The zero-order chi connectivity index (χ0) is 18.6. The lowest BCUT2D eigenvalue weighted by molar-refractivity contribution is -0.137. The first-order chi connectivity index (χ1) is 11.7. The third-order valence-corrected chi connectivity index (χ3v) is 3.64. The fraction of sp³-hybridized carbons (Fsp3) is 0.235. The van der Waals surface area contributed by atoms with Crippen LogP contribution in [0.1, 0.15) is 18.9 Å². The molecule has 1 atom stereocenters. The van der Waals surface area contributed by atoms with Gasteiger partial charge in [-0.25, -0.2) is 4.39 Å². The molecule has 0 radical (unpaired) electrons. The van der Waals surface area contributed by atoms with Gasteiger partial charge in [0.25, 0.3) is 5.91 Å². The molecule has 2 aromatic rings. The zero-order valence-corrected chi connectivity index (χ0v) is 13.8. The second-order valence-corrected chi connectivity index (χ2v) is 5.56. The SMILES string of the molecule is CC[C@@H](Oc1ccc(F)cc1)C(=O)Nc1cc(C(F)(F)F)ccc1Cl. The predicted octanol–water partition coefficient (Wildman–Crippen LogP) is 5.29. The molecule has 0 spiro atoms. The fourth-order valence-electron chi connectivity index (χ4n) is 2.01. The number of carbonyl (C=O) groups is 1. The molecule has 134 valence electrons. The van der Waals surface area contributed by atoms with Gasteiger partial charge in [-0.3, -0.25) is 4.79 Å². The number of hydrogen-bond donors (Lipinski definition) is 1. The van der Waals surface area contributed by atoms with E-state index >= 15 is 0 Å². The Morgan fingerprint density at radius 3 is 2.40 bits per heavy atom. The van der Waals surface area contributed by atoms with Crippen molar-refractivity contribution in [1.29, 1.82) is 0 Å². The van der Waals surface area contributed by atoms with Crippen molar-refractivity contribution in [3.05, 3.63) is 58.9 Å². The van der Waals surface area contributed by atoms with Crippen LogP contribution < -0.4 is 10.1 Å². The molecular weight excluding hydrogens is 362 g/mol. The van der Waals surface area contributed by atoms with Crippen molar-refractivity contribution in [2.75, 3.05) is 5.32 Å². The third-order valence-electron chi connectivity index (χ3n) is 3.31. The molecule has 3 nitrogen and oxygen atoms in total. The molecule has 0 aliphatic heterocycles. The Bertz CT molecular complexity index is 747. The number of ether oxygens (including phenoxy) is 1. The molecule has 0 heterocycles. The molecule has 1 amide bonds. The number of alkyl halides is 3.